The molecular weight excluding hydrogens is 438 g/mol. The molecule has 0 spiro atoms. The van der Waals surface area contributed by atoms with Crippen LogP contribution in [0.3, 0.4) is 0 Å². The van der Waals surface area contributed by atoms with E-state index in [0.717, 1.165) is 65.1 Å². The largest absolute Gasteiger partial charge is 0.454 e. The van der Waals surface area contributed by atoms with Crippen molar-refractivity contribution in [3.8, 4) is 22.6 Å². The van der Waals surface area contributed by atoms with Crippen LogP contribution in [0, 0.1) is 6.92 Å². The highest BCUT2D eigenvalue weighted by molar-refractivity contribution is 5.95. The number of carbonyl (C=O) groups is 2. The van der Waals surface area contributed by atoms with Crippen LogP contribution in [0.15, 0.2) is 60.7 Å². The van der Waals surface area contributed by atoms with Gasteiger partial charge < -0.3 is 14.4 Å². The molecule has 3 aromatic rings. The smallest absolute Gasteiger partial charge is 0.253 e. The van der Waals surface area contributed by atoms with Gasteiger partial charge in [-0.15, -0.1) is 0 Å². The maximum absolute atomic E-state index is 13.5. The molecule has 1 aliphatic heterocycles. The third kappa shape index (κ3) is 4.43. The second-order valence-electron chi connectivity index (χ2n) is 9.70. The van der Waals surface area contributed by atoms with Crippen molar-refractivity contribution in [2.24, 2.45) is 0 Å². The second kappa shape index (κ2) is 9.21. The van der Waals surface area contributed by atoms with E-state index in [9.17, 15) is 9.59 Å². The number of hydrogen-bond acceptors (Lipinski definition) is 4. The fraction of sp³-hybridized carbons (Fsp3) is 0.333. The summed E-state index contributed by atoms with van der Waals surface area (Å²) in [6.07, 6.45) is 3.05. The van der Waals surface area contributed by atoms with E-state index in [2.05, 4.69) is 26.0 Å². The average molecular weight is 470 g/mol. The van der Waals surface area contributed by atoms with Gasteiger partial charge in [0, 0.05) is 25.6 Å². The van der Waals surface area contributed by atoms with Crippen molar-refractivity contribution in [1.82, 2.24) is 4.90 Å². The predicted octanol–water partition coefficient (Wildman–Crippen LogP) is 5.72. The van der Waals surface area contributed by atoms with Crippen molar-refractivity contribution in [1.29, 1.82) is 0 Å². The van der Waals surface area contributed by atoms with E-state index < -0.39 is 5.41 Å². The van der Waals surface area contributed by atoms with Gasteiger partial charge in [-0.25, -0.2) is 0 Å². The third-order valence-corrected chi connectivity index (χ3v) is 7.22. The molecule has 2 aliphatic rings. The molecule has 0 saturated heterocycles. The monoisotopic (exact) mass is 469 g/mol. The van der Waals surface area contributed by atoms with E-state index in [1.54, 1.807) is 4.90 Å². The molecule has 0 atom stereocenters. The highest BCUT2D eigenvalue weighted by atomic mass is 16.7. The number of hydrogen-bond donors (Lipinski definition) is 0. The molecule has 180 valence electrons. The summed E-state index contributed by atoms with van der Waals surface area (Å²) in [6.45, 7) is 5.11. The first-order valence-corrected chi connectivity index (χ1v) is 12.3. The van der Waals surface area contributed by atoms with Gasteiger partial charge in [0.05, 0.1) is 5.41 Å². The van der Waals surface area contributed by atoms with Crippen LogP contribution in [0.2, 0.25) is 0 Å². The standard InChI is InChI=1S/C30H31NO4/c1-4-15-31(3)29(33)23-9-7-22(8-10-23)25-16-21(6-5-20(25)2)17-28(32)30(13-14-30)24-11-12-26-27(18-24)35-19-34-26/h5-12,16,18H,4,13-15,17,19H2,1-3H3. The van der Waals surface area contributed by atoms with Gasteiger partial charge in [0.2, 0.25) is 6.79 Å². The Hall–Kier alpha value is -3.60. The SMILES string of the molecule is CCCN(C)C(=O)c1ccc(-c2cc(CC(=O)C3(c4ccc5c(c4)OCO5)CC3)ccc2C)cc1. The summed E-state index contributed by atoms with van der Waals surface area (Å²) in [5.41, 5.74) is 5.57. The van der Waals surface area contributed by atoms with Crippen LogP contribution < -0.4 is 9.47 Å². The van der Waals surface area contributed by atoms with Crippen molar-refractivity contribution in [2.75, 3.05) is 20.4 Å². The predicted molar refractivity (Wildman–Crippen MR) is 136 cm³/mol. The number of fused-ring (bicyclic) bond motifs is 1. The van der Waals surface area contributed by atoms with Crippen LogP contribution >= 0.6 is 0 Å². The summed E-state index contributed by atoms with van der Waals surface area (Å²) in [5.74, 6) is 1.74. The number of aryl methyl sites for hydroxylation is 1. The van der Waals surface area contributed by atoms with Crippen LogP contribution in [-0.2, 0) is 16.6 Å². The molecule has 0 unspecified atom stereocenters. The Kier molecular flexibility index (Phi) is 6.10. The summed E-state index contributed by atoms with van der Waals surface area (Å²) in [6, 6.07) is 19.9. The van der Waals surface area contributed by atoms with Crippen molar-refractivity contribution < 1.29 is 19.1 Å². The molecule has 35 heavy (non-hydrogen) atoms. The first-order valence-electron chi connectivity index (χ1n) is 12.3. The van der Waals surface area contributed by atoms with Crippen molar-refractivity contribution in [2.45, 2.75) is 44.9 Å². The molecule has 1 saturated carbocycles. The molecule has 1 amide bonds. The molecule has 0 bridgehead atoms. The van der Waals surface area contributed by atoms with Gasteiger partial charge in [0.1, 0.15) is 5.78 Å². The van der Waals surface area contributed by atoms with Gasteiger partial charge in [0.25, 0.3) is 5.91 Å². The fourth-order valence-corrected chi connectivity index (χ4v) is 4.94. The number of benzene rings is 3. The van der Waals surface area contributed by atoms with Crippen molar-refractivity contribution >= 4 is 11.7 Å². The lowest BCUT2D eigenvalue weighted by Crippen LogP contribution is -2.27. The van der Waals surface area contributed by atoms with Crippen LogP contribution in [-0.4, -0.2) is 37.0 Å². The number of Topliss-reactive ketones (excluding diaryl/α,β-unsaturated/α-hetero) is 1. The van der Waals surface area contributed by atoms with E-state index in [-0.39, 0.29) is 18.5 Å². The molecule has 1 heterocycles. The molecule has 5 heteroatoms. The van der Waals surface area contributed by atoms with Crippen molar-refractivity contribution in [3.05, 3.63) is 82.9 Å². The minimum Gasteiger partial charge on any atom is -0.454 e. The molecular formula is C30H31NO4. The molecule has 3 aromatic carbocycles. The molecule has 5 nitrogen and oxygen atoms in total. The Balaban J connectivity index is 1.34. The van der Waals surface area contributed by atoms with Gasteiger partial charge in [0.15, 0.2) is 11.5 Å². The number of nitrogens with zero attached hydrogens (tertiary/aromatic N) is 1. The van der Waals surface area contributed by atoms with Crippen LogP contribution in [0.4, 0.5) is 0 Å². The molecule has 5 rings (SSSR count). The Labute approximate surface area is 206 Å². The molecule has 0 aromatic heterocycles. The summed E-state index contributed by atoms with van der Waals surface area (Å²) in [4.78, 5) is 27.8. The van der Waals surface area contributed by atoms with Crippen LogP contribution in [0.5, 0.6) is 11.5 Å². The Morgan fingerprint density at radius 2 is 1.69 bits per heavy atom. The van der Waals surface area contributed by atoms with Crippen LogP contribution in [0.1, 0.15) is 53.2 Å². The minimum absolute atomic E-state index is 0.0349. The summed E-state index contributed by atoms with van der Waals surface area (Å²) >= 11 is 0. The Morgan fingerprint density at radius 3 is 2.40 bits per heavy atom. The van der Waals surface area contributed by atoms with Crippen molar-refractivity contribution in [3.63, 3.8) is 0 Å². The average Bonchev–Trinajstić information content (AvgIpc) is 3.55. The number of carbonyl (C=O) groups excluding carboxylic acids is 2. The zero-order valence-electron chi connectivity index (χ0n) is 20.6. The second-order valence-corrected chi connectivity index (χ2v) is 9.70. The third-order valence-electron chi connectivity index (χ3n) is 7.22. The number of ether oxygens (including phenoxy) is 2. The number of ketones is 1. The fourth-order valence-electron chi connectivity index (χ4n) is 4.94. The van der Waals surface area contributed by atoms with Gasteiger partial charge in [-0.3, -0.25) is 9.59 Å². The highest BCUT2D eigenvalue weighted by Gasteiger charge is 2.50. The normalized spacial score (nSPS) is 15.1. The molecule has 1 fully saturated rings. The lowest BCUT2D eigenvalue weighted by Gasteiger charge is -2.17. The zero-order valence-corrected chi connectivity index (χ0v) is 20.6. The topological polar surface area (TPSA) is 55.8 Å². The van der Waals surface area contributed by atoms with Crippen LogP contribution in [0.25, 0.3) is 11.1 Å². The van der Waals surface area contributed by atoms with Gasteiger partial charge in [-0.1, -0.05) is 43.3 Å². The zero-order chi connectivity index (χ0) is 24.6. The Bertz CT molecular complexity index is 1270. The summed E-state index contributed by atoms with van der Waals surface area (Å²) in [5, 5.41) is 0. The van der Waals surface area contributed by atoms with Gasteiger partial charge in [-0.2, -0.15) is 0 Å². The minimum atomic E-state index is -0.418. The summed E-state index contributed by atoms with van der Waals surface area (Å²) in [7, 11) is 1.83. The van der Waals surface area contributed by atoms with Gasteiger partial charge >= 0.3 is 0 Å². The first-order chi connectivity index (χ1) is 16.9. The maximum atomic E-state index is 13.5. The lowest BCUT2D eigenvalue weighted by molar-refractivity contribution is -0.120. The van der Waals surface area contributed by atoms with E-state index in [1.165, 1.54) is 0 Å². The van der Waals surface area contributed by atoms with E-state index in [1.807, 2.05) is 55.6 Å². The molecule has 0 radical (unpaired) electrons. The summed E-state index contributed by atoms with van der Waals surface area (Å²) < 4.78 is 11.0. The quantitative estimate of drug-likeness (QED) is 0.424. The molecule has 1 aliphatic carbocycles. The number of amides is 1. The maximum Gasteiger partial charge on any atom is 0.253 e. The highest BCUT2D eigenvalue weighted by Crippen LogP contribution is 2.51. The Morgan fingerprint density at radius 1 is 0.943 bits per heavy atom. The van der Waals surface area contributed by atoms with E-state index in [4.69, 9.17) is 9.47 Å². The molecule has 0 N–H and O–H groups in total. The first kappa shape index (κ1) is 23.2. The van der Waals surface area contributed by atoms with E-state index in [0.29, 0.717) is 12.0 Å². The van der Waals surface area contributed by atoms with E-state index >= 15 is 0 Å². The van der Waals surface area contributed by atoms with Gasteiger partial charge in [-0.05, 0) is 78.3 Å². The number of rotatable bonds is 8. The lowest BCUT2D eigenvalue weighted by atomic mass is 9.87.